The van der Waals surface area contributed by atoms with Crippen molar-refractivity contribution < 1.29 is 13.9 Å². The maximum absolute atomic E-state index is 13.9. The van der Waals surface area contributed by atoms with E-state index in [1.165, 1.54) is 12.1 Å². The summed E-state index contributed by atoms with van der Waals surface area (Å²) in [5.74, 6) is -0.125. The van der Waals surface area contributed by atoms with Crippen LogP contribution in [0.5, 0.6) is 6.01 Å². The minimum absolute atomic E-state index is 0.115. The van der Waals surface area contributed by atoms with Crippen molar-refractivity contribution in [1.29, 1.82) is 0 Å². The molecule has 7 heteroatoms. The molecule has 4 aromatic carbocycles. The Hall–Kier alpha value is -4.78. The van der Waals surface area contributed by atoms with Crippen LogP contribution in [0, 0.1) is 5.82 Å². The number of anilines is 1. The summed E-state index contributed by atoms with van der Waals surface area (Å²) in [6.07, 6.45) is -0.115. The van der Waals surface area contributed by atoms with Gasteiger partial charge in [-0.15, -0.1) is 5.10 Å². The molecule has 5 aromatic rings. The van der Waals surface area contributed by atoms with E-state index < -0.39 is 0 Å². The van der Waals surface area contributed by atoms with Crippen LogP contribution < -0.4 is 10.1 Å². The number of nitrogens with one attached hydrogen (secondary N) is 1. The Morgan fingerprint density at radius 3 is 2.19 bits per heavy atom. The number of nitrogens with zero attached hydrogens (tertiary/aromatic N) is 3. The van der Waals surface area contributed by atoms with E-state index in [4.69, 9.17) is 4.74 Å². The molecule has 184 valence electrons. The second kappa shape index (κ2) is 10.5. The fraction of sp³-hybridized carbons (Fsp3) is 0.100. The number of amides is 1. The summed E-state index contributed by atoms with van der Waals surface area (Å²) in [6.45, 7) is 3.77. The summed E-state index contributed by atoms with van der Waals surface area (Å²) in [6, 6.07) is 31.0. The van der Waals surface area contributed by atoms with Crippen LogP contribution in [0.2, 0.25) is 0 Å². The number of halogens is 1. The third-order valence-electron chi connectivity index (χ3n) is 5.64. The van der Waals surface area contributed by atoms with Gasteiger partial charge in [0.1, 0.15) is 5.82 Å². The van der Waals surface area contributed by atoms with Gasteiger partial charge in [-0.2, -0.15) is 4.98 Å². The van der Waals surface area contributed by atoms with Crippen LogP contribution in [-0.2, 0) is 0 Å². The first-order valence-corrected chi connectivity index (χ1v) is 11.9. The number of rotatable bonds is 7. The summed E-state index contributed by atoms with van der Waals surface area (Å²) in [5.41, 5.74) is 4.59. The first-order chi connectivity index (χ1) is 18.0. The quantitative estimate of drug-likeness (QED) is 0.272. The molecule has 1 N–H and O–H groups in total. The fourth-order valence-electron chi connectivity index (χ4n) is 3.88. The molecule has 0 aliphatic rings. The molecule has 0 saturated heterocycles. The lowest BCUT2D eigenvalue weighted by molar-refractivity contribution is 0.102. The summed E-state index contributed by atoms with van der Waals surface area (Å²) in [4.78, 5) is 17.3. The average Bonchev–Trinajstić information content (AvgIpc) is 3.33. The number of carbonyl (C=O) groups is 1. The SMILES string of the molecule is CC(C)Oc1nc(-c2cccc(F)c2)n(-c2ccc(NC(=O)c3ccc(-c4ccccc4)cc3)cc2)n1. The van der Waals surface area contributed by atoms with Crippen molar-refractivity contribution in [3.05, 3.63) is 115 Å². The van der Waals surface area contributed by atoms with E-state index in [-0.39, 0.29) is 23.8 Å². The number of ether oxygens (including phenoxy) is 1. The highest BCUT2D eigenvalue weighted by molar-refractivity contribution is 6.04. The van der Waals surface area contributed by atoms with Gasteiger partial charge in [-0.3, -0.25) is 4.79 Å². The largest absolute Gasteiger partial charge is 0.460 e. The highest BCUT2D eigenvalue weighted by Gasteiger charge is 2.16. The summed E-state index contributed by atoms with van der Waals surface area (Å²) < 4.78 is 21.2. The summed E-state index contributed by atoms with van der Waals surface area (Å²) in [5, 5.41) is 7.39. The Morgan fingerprint density at radius 1 is 0.838 bits per heavy atom. The van der Waals surface area contributed by atoms with Crippen molar-refractivity contribution in [2.45, 2.75) is 20.0 Å². The first-order valence-electron chi connectivity index (χ1n) is 11.9. The smallest absolute Gasteiger partial charge is 0.336 e. The molecule has 0 spiro atoms. The zero-order valence-electron chi connectivity index (χ0n) is 20.4. The molecule has 1 aromatic heterocycles. The third kappa shape index (κ3) is 5.56. The minimum atomic E-state index is -0.367. The van der Waals surface area contributed by atoms with Crippen LogP contribution >= 0.6 is 0 Å². The predicted molar refractivity (Wildman–Crippen MR) is 142 cm³/mol. The third-order valence-corrected chi connectivity index (χ3v) is 5.64. The molecule has 0 atom stereocenters. The molecular weight excluding hydrogens is 467 g/mol. The number of benzene rings is 4. The lowest BCUT2D eigenvalue weighted by atomic mass is 10.0. The molecule has 1 amide bonds. The van der Waals surface area contributed by atoms with Crippen LogP contribution in [0.4, 0.5) is 10.1 Å². The second-order valence-electron chi connectivity index (χ2n) is 8.75. The molecule has 37 heavy (non-hydrogen) atoms. The highest BCUT2D eigenvalue weighted by atomic mass is 19.1. The van der Waals surface area contributed by atoms with Gasteiger partial charge in [-0.05, 0) is 73.5 Å². The standard InChI is InChI=1S/C30H25FN4O2/c1-20(2)37-30-33-28(24-9-6-10-25(31)19-24)35(34-30)27-17-15-26(16-18-27)32-29(36)23-13-11-22(12-14-23)21-7-4-3-5-8-21/h3-20H,1-2H3,(H,32,36). The molecule has 6 nitrogen and oxygen atoms in total. The van der Waals surface area contributed by atoms with Crippen LogP contribution in [0.25, 0.3) is 28.2 Å². The number of aromatic nitrogens is 3. The Balaban J connectivity index is 1.36. The van der Waals surface area contributed by atoms with Gasteiger partial charge in [-0.25, -0.2) is 9.07 Å². The van der Waals surface area contributed by atoms with Gasteiger partial charge >= 0.3 is 6.01 Å². The van der Waals surface area contributed by atoms with E-state index in [1.807, 2.05) is 80.6 Å². The van der Waals surface area contributed by atoms with Gasteiger partial charge in [0.25, 0.3) is 5.91 Å². The van der Waals surface area contributed by atoms with E-state index in [9.17, 15) is 9.18 Å². The molecular formula is C30H25FN4O2. The molecule has 0 aliphatic carbocycles. The maximum Gasteiger partial charge on any atom is 0.336 e. The maximum atomic E-state index is 13.9. The van der Waals surface area contributed by atoms with Crippen LogP contribution in [0.1, 0.15) is 24.2 Å². The van der Waals surface area contributed by atoms with E-state index in [0.29, 0.717) is 28.3 Å². The number of hydrogen-bond acceptors (Lipinski definition) is 4. The molecule has 1 heterocycles. The summed E-state index contributed by atoms with van der Waals surface area (Å²) in [7, 11) is 0. The minimum Gasteiger partial charge on any atom is -0.460 e. The van der Waals surface area contributed by atoms with Crippen molar-refractivity contribution in [3.8, 4) is 34.2 Å². The van der Waals surface area contributed by atoms with Crippen molar-refractivity contribution >= 4 is 11.6 Å². The van der Waals surface area contributed by atoms with Crippen LogP contribution in [-0.4, -0.2) is 26.8 Å². The zero-order valence-corrected chi connectivity index (χ0v) is 20.4. The molecule has 0 unspecified atom stereocenters. The van der Waals surface area contributed by atoms with Crippen molar-refractivity contribution in [2.75, 3.05) is 5.32 Å². The zero-order chi connectivity index (χ0) is 25.8. The van der Waals surface area contributed by atoms with Crippen LogP contribution in [0.3, 0.4) is 0 Å². The topological polar surface area (TPSA) is 69.0 Å². The molecule has 5 rings (SSSR count). The first kappa shape index (κ1) is 23.9. The van der Waals surface area contributed by atoms with Crippen molar-refractivity contribution in [1.82, 2.24) is 14.8 Å². The second-order valence-corrected chi connectivity index (χ2v) is 8.75. The Morgan fingerprint density at radius 2 is 1.51 bits per heavy atom. The fourth-order valence-corrected chi connectivity index (χ4v) is 3.88. The summed E-state index contributed by atoms with van der Waals surface area (Å²) >= 11 is 0. The molecule has 0 radical (unpaired) electrons. The van der Waals surface area contributed by atoms with Crippen molar-refractivity contribution in [2.24, 2.45) is 0 Å². The van der Waals surface area contributed by atoms with E-state index in [1.54, 1.807) is 28.9 Å². The van der Waals surface area contributed by atoms with E-state index >= 15 is 0 Å². The number of hydrogen-bond donors (Lipinski definition) is 1. The number of carbonyl (C=O) groups excluding carboxylic acids is 1. The Bertz CT molecular complexity index is 1510. The van der Waals surface area contributed by atoms with Gasteiger partial charge in [0.2, 0.25) is 0 Å². The van der Waals surface area contributed by atoms with Gasteiger partial charge in [0.05, 0.1) is 11.8 Å². The average molecular weight is 493 g/mol. The van der Waals surface area contributed by atoms with Gasteiger partial charge in [-0.1, -0.05) is 54.6 Å². The van der Waals surface area contributed by atoms with Crippen LogP contribution in [0.15, 0.2) is 103 Å². The van der Waals surface area contributed by atoms with Gasteiger partial charge in [0.15, 0.2) is 5.82 Å². The highest BCUT2D eigenvalue weighted by Crippen LogP contribution is 2.26. The monoisotopic (exact) mass is 492 g/mol. The van der Waals surface area contributed by atoms with E-state index in [2.05, 4.69) is 15.4 Å². The van der Waals surface area contributed by atoms with Crippen molar-refractivity contribution in [3.63, 3.8) is 0 Å². The lowest BCUT2D eigenvalue weighted by Crippen LogP contribution is -2.11. The molecule has 0 bridgehead atoms. The van der Waals surface area contributed by atoms with E-state index in [0.717, 1.165) is 11.1 Å². The Labute approximate surface area is 214 Å². The normalized spacial score (nSPS) is 10.9. The molecule has 0 saturated carbocycles. The predicted octanol–water partition coefficient (Wildman–Crippen LogP) is 6.78. The van der Waals surface area contributed by atoms with Gasteiger partial charge < -0.3 is 10.1 Å². The van der Waals surface area contributed by atoms with Gasteiger partial charge in [0, 0.05) is 16.8 Å². The Kier molecular flexibility index (Phi) is 6.76. The molecule has 0 fully saturated rings. The molecule has 0 aliphatic heterocycles. The lowest BCUT2D eigenvalue weighted by Gasteiger charge is -2.09.